The largest absolute Gasteiger partial charge is 0.455 e. The fourth-order valence-electron chi connectivity index (χ4n) is 8.03. The molecule has 3 heterocycles. The standard InChI is InChI=1S/C50H30N2O/c1-2-11-32(12-3-1)44-26-24-33-21-22-34-25-27-45(52-49(34)48(33)51-44)38-15-8-14-36(29-38)42-30-43-47-39(37-23-20-31-10-4-5-13-35(31)28-37)18-9-19-46(47)53-50(43)41-17-7-6-16-40(41)42/h1-30H. The molecule has 11 rings (SSSR count). The van der Waals surface area contributed by atoms with Gasteiger partial charge in [0.1, 0.15) is 11.2 Å². The van der Waals surface area contributed by atoms with E-state index in [1.807, 2.05) is 18.2 Å². The van der Waals surface area contributed by atoms with Gasteiger partial charge >= 0.3 is 0 Å². The molecule has 53 heavy (non-hydrogen) atoms. The molecule has 0 saturated heterocycles. The lowest BCUT2D eigenvalue weighted by Crippen LogP contribution is -1.91. The van der Waals surface area contributed by atoms with Crippen molar-refractivity contribution in [3.8, 4) is 44.8 Å². The molecule has 0 bridgehead atoms. The van der Waals surface area contributed by atoms with Gasteiger partial charge in [0.2, 0.25) is 0 Å². The first kappa shape index (κ1) is 29.6. The van der Waals surface area contributed by atoms with E-state index in [9.17, 15) is 0 Å². The number of furan rings is 1. The molecule has 0 aliphatic rings. The number of pyridine rings is 2. The van der Waals surface area contributed by atoms with Crippen LogP contribution in [0.4, 0.5) is 0 Å². The van der Waals surface area contributed by atoms with Crippen LogP contribution in [0.2, 0.25) is 0 Å². The van der Waals surface area contributed by atoms with Crippen LogP contribution in [0.5, 0.6) is 0 Å². The minimum absolute atomic E-state index is 0.887. The summed E-state index contributed by atoms with van der Waals surface area (Å²) in [6.07, 6.45) is 0. The summed E-state index contributed by atoms with van der Waals surface area (Å²) in [7, 11) is 0. The van der Waals surface area contributed by atoms with Crippen molar-refractivity contribution >= 4 is 65.3 Å². The predicted molar refractivity (Wildman–Crippen MR) is 221 cm³/mol. The molecule has 0 amide bonds. The van der Waals surface area contributed by atoms with Crippen LogP contribution >= 0.6 is 0 Å². The van der Waals surface area contributed by atoms with Gasteiger partial charge in [0, 0.05) is 38.1 Å². The predicted octanol–water partition coefficient (Wildman–Crippen LogP) is 13.7. The lowest BCUT2D eigenvalue weighted by atomic mass is 9.92. The third-order valence-electron chi connectivity index (χ3n) is 10.6. The first-order chi connectivity index (χ1) is 26.2. The maximum atomic E-state index is 6.70. The Kier molecular flexibility index (Phi) is 6.55. The van der Waals surface area contributed by atoms with Crippen LogP contribution in [0.1, 0.15) is 0 Å². The van der Waals surface area contributed by atoms with Crippen LogP contribution in [-0.4, -0.2) is 9.97 Å². The molecule has 3 heteroatoms. The summed E-state index contributed by atoms with van der Waals surface area (Å²) in [5.74, 6) is 0. The highest BCUT2D eigenvalue weighted by Gasteiger charge is 2.18. The second-order valence-electron chi connectivity index (χ2n) is 13.7. The van der Waals surface area contributed by atoms with Crippen molar-refractivity contribution in [2.24, 2.45) is 0 Å². The minimum Gasteiger partial charge on any atom is -0.455 e. The summed E-state index contributed by atoms with van der Waals surface area (Å²) in [6.45, 7) is 0. The van der Waals surface area contributed by atoms with Crippen molar-refractivity contribution in [2.45, 2.75) is 0 Å². The molecule has 0 N–H and O–H groups in total. The van der Waals surface area contributed by atoms with E-state index in [4.69, 9.17) is 14.4 Å². The Morgan fingerprint density at radius 2 is 0.943 bits per heavy atom. The molecule has 0 radical (unpaired) electrons. The van der Waals surface area contributed by atoms with Crippen LogP contribution in [0.15, 0.2) is 186 Å². The van der Waals surface area contributed by atoms with Gasteiger partial charge in [0.15, 0.2) is 0 Å². The molecule has 0 unspecified atom stereocenters. The summed E-state index contributed by atoms with van der Waals surface area (Å²) in [6, 6.07) is 64.4. The molecule has 246 valence electrons. The van der Waals surface area contributed by atoms with E-state index in [1.165, 1.54) is 21.9 Å². The highest BCUT2D eigenvalue weighted by atomic mass is 16.3. The average Bonchev–Trinajstić information content (AvgIpc) is 3.62. The molecule has 0 fully saturated rings. The maximum Gasteiger partial charge on any atom is 0.143 e. The smallest absolute Gasteiger partial charge is 0.143 e. The Hall–Kier alpha value is -7.10. The second kappa shape index (κ2) is 11.7. The number of fused-ring (bicyclic) bond motifs is 9. The number of hydrogen-bond acceptors (Lipinski definition) is 3. The van der Waals surface area contributed by atoms with E-state index < -0.39 is 0 Å². The summed E-state index contributed by atoms with van der Waals surface area (Å²) < 4.78 is 6.70. The first-order valence-corrected chi connectivity index (χ1v) is 18.0. The zero-order valence-electron chi connectivity index (χ0n) is 28.6. The molecule has 8 aromatic carbocycles. The molecular formula is C50H30N2O. The van der Waals surface area contributed by atoms with Gasteiger partial charge in [-0.2, -0.15) is 0 Å². The lowest BCUT2D eigenvalue weighted by Gasteiger charge is -2.11. The van der Waals surface area contributed by atoms with Crippen LogP contribution in [-0.2, 0) is 0 Å². The molecular weight excluding hydrogens is 645 g/mol. The molecule has 0 atom stereocenters. The Morgan fingerprint density at radius 3 is 1.75 bits per heavy atom. The van der Waals surface area contributed by atoms with Crippen LogP contribution < -0.4 is 0 Å². The third-order valence-corrected chi connectivity index (χ3v) is 10.6. The molecule has 3 aromatic heterocycles. The summed E-state index contributed by atoms with van der Waals surface area (Å²) in [4.78, 5) is 10.4. The maximum absolute atomic E-state index is 6.70. The zero-order chi connectivity index (χ0) is 34.9. The SMILES string of the molecule is c1ccc(-c2ccc3ccc4ccc(-c5cccc(-c6cc7c(oc8cccc(-c9ccc%10ccccc%10c9)c87)c7ccccc67)c5)nc4c3n2)cc1. The van der Waals surface area contributed by atoms with E-state index in [2.05, 4.69) is 164 Å². The first-order valence-electron chi connectivity index (χ1n) is 18.0. The van der Waals surface area contributed by atoms with E-state index in [0.29, 0.717) is 0 Å². The molecule has 11 aromatic rings. The van der Waals surface area contributed by atoms with E-state index in [1.54, 1.807) is 0 Å². The summed E-state index contributed by atoms with van der Waals surface area (Å²) in [5, 5.41) is 9.09. The van der Waals surface area contributed by atoms with Crippen LogP contribution in [0.3, 0.4) is 0 Å². The molecule has 0 aliphatic carbocycles. The summed E-state index contributed by atoms with van der Waals surface area (Å²) >= 11 is 0. The topological polar surface area (TPSA) is 38.9 Å². The van der Waals surface area contributed by atoms with Crippen molar-refractivity contribution in [2.75, 3.05) is 0 Å². The van der Waals surface area contributed by atoms with E-state index >= 15 is 0 Å². The van der Waals surface area contributed by atoms with Crippen molar-refractivity contribution in [3.05, 3.63) is 182 Å². The molecule has 0 spiro atoms. The van der Waals surface area contributed by atoms with Gasteiger partial charge in [-0.05, 0) is 74.8 Å². The fraction of sp³-hybridized carbons (Fsp3) is 0. The highest BCUT2D eigenvalue weighted by Crippen LogP contribution is 2.44. The number of aromatic nitrogens is 2. The second-order valence-corrected chi connectivity index (χ2v) is 13.7. The number of benzene rings is 8. The van der Waals surface area contributed by atoms with Crippen LogP contribution in [0.25, 0.3) is 110 Å². The molecule has 3 nitrogen and oxygen atoms in total. The van der Waals surface area contributed by atoms with Gasteiger partial charge in [-0.1, -0.05) is 146 Å². The van der Waals surface area contributed by atoms with Gasteiger partial charge in [-0.25, -0.2) is 9.97 Å². The van der Waals surface area contributed by atoms with Gasteiger partial charge in [0.25, 0.3) is 0 Å². The van der Waals surface area contributed by atoms with Crippen molar-refractivity contribution in [1.29, 1.82) is 0 Å². The Morgan fingerprint density at radius 1 is 0.340 bits per heavy atom. The molecule has 0 saturated carbocycles. The Labute approximate surface area is 305 Å². The van der Waals surface area contributed by atoms with Crippen LogP contribution in [0, 0.1) is 0 Å². The van der Waals surface area contributed by atoms with E-state index in [-0.39, 0.29) is 0 Å². The fourth-order valence-corrected chi connectivity index (χ4v) is 8.03. The van der Waals surface area contributed by atoms with Gasteiger partial charge in [-0.3, -0.25) is 0 Å². The van der Waals surface area contributed by atoms with Gasteiger partial charge in [-0.15, -0.1) is 0 Å². The number of nitrogens with zero attached hydrogens (tertiary/aromatic N) is 2. The quantitative estimate of drug-likeness (QED) is 0.174. The van der Waals surface area contributed by atoms with Crippen molar-refractivity contribution in [3.63, 3.8) is 0 Å². The normalized spacial score (nSPS) is 11.8. The van der Waals surface area contributed by atoms with Crippen molar-refractivity contribution < 1.29 is 4.42 Å². The van der Waals surface area contributed by atoms with Gasteiger partial charge < -0.3 is 4.42 Å². The highest BCUT2D eigenvalue weighted by molar-refractivity contribution is 6.22. The van der Waals surface area contributed by atoms with Crippen molar-refractivity contribution in [1.82, 2.24) is 9.97 Å². The summed E-state index contributed by atoms with van der Waals surface area (Å²) in [5.41, 5.74) is 12.2. The number of rotatable bonds is 4. The van der Waals surface area contributed by atoms with E-state index in [0.717, 1.165) is 88.2 Å². The Bertz CT molecular complexity index is 3230. The zero-order valence-corrected chi connectivity index (χ0v) is 28.6. The molecule has 0 aliphatic heterocycles. The minimum atomic E-state index is 0.887. The monoisotopic (exact) mass is 674 g/mol. The number of hydrogen-bond donors (Lipinski definition) is 0. The third kappa shape index (κ3) is 4.82. The van der Waals surface area contributed by atoms with Gasteiger partial charge in [0.05, 0.1) is 22.4 Å². The lowest BCUT2D eigenvalue weighted by molar-refractivity contribution is 0.673. The Balaban J connectivity index is 1.09. The average molecular weight is 675 g/mol.